The second-order valence-electron chi connectivity index (χ2n) is 11.7. The summed E-state index contributed by atoms with van der Waals surface area (Å²) in [6, 6.07) is 20.1. The molecule has 1 aromatic heterocycles. The Morgan fingerprint density at radius 1 is 1.14 bits per heavy atom. The quantitative estimate of drug-likeness (QED) is 0.155. The number of fused-ring (bicyclic) bond motifs is 1. The first-order valence-corrected chi connectivity index (χ1v) is 16.2. The van der Waals surface area contributed by atoms with Gasteiger partial charge in [-0.05, 0) is 68.7 Å². The largest absolute Gasteiger partial charge is 0.444 e. The van der Waals surface area contributed by atoms with E-state index in [2.05, 4.69) is 4.72 Å². The van der Waals surface area contributed by atoms with Crippen LogP contribution in [0.5, 0.6) is 0 Å². The molecule has 0 spiro atoms. The van der Waals surface area contributed by atoms with Crippen LogP contribution in [0.25, 0.3) is 10.2 Å². The number of aliphatic hydroxyl groups excluding tert-OH is 1. The number of nitrogens with zero attached hydrogens (tertiary/aromatic N) is 2. The third kappa shape index (κ3) is 7.21. The number of amidine groups is 1. The van der Waals surface area contributed by atoms with Crippen LogP contribution in [0.3, 0.4) is 0 Å². The minimum Gasteiger partial charge on any atom is -0.444 e. The van der Waals surface area contributed by atoms with E-state index in [0.717, 1.165) is 10.3 Å². The summed E-state index contributed by atoms with van der Waals surface area (Å²) in [5.41, 5.74) is 7.83. The molecule has 10 nitrogen and oxygen atoms in total. The van der Waals surface area contributed by atoms with Gasteiger partial charge in [-0.3, -0.25) is 5.41 Å². The summed E-state index contributed by atoms with van der Waals surface area (Å²) in [7, 11) is -3.88. The van der Waals surface area contributed by atoms with Gasteiger partial charge in [0.25, 0.3) is 0 Å². The molecule has 12 heteroatoms. The third-order valence-electron chi connectivity index (χ3n) is 7.11. The van der Waals surface area contributed by atoms with Crippen LogP contribution in [0.15, 0.2) is 77.7 Å². The number of thiazole rings is 1. The molecule has 1 fully saturated rings. The molecule has 43 heavy (non-hydrogen) atoms. The van der Waals surface area contributed by atoms with Crippen molar-refractivity contribution >= 4 is 43.5 Å². The van der Waals surface area contributed by atoms with Gasteiger partial charge >= 0.3 is 6.09 Å². The maximum absolute atomic E-state index is 13.3. The van der Waals surface area contributed by atoms with Crippen molar-refractivity contribution in [2.45, 2.75) is 49.8 Å². The number of nitrogens with one attached hydrogen (secondary N) is 2. The van der Waals surface area contributed by atoms with Gasteiger partial charge in [0.1, 0.15) is 16.4 Å². The minimum absolute atomic E-state index is 0.0741. The number of amides is 1. The van der Waals surface area contributed by atoms with Crippen LogP contribution in [0.2, 0.25) is 0 Å². The van der Waals surface area contributed by atoms with Gasteiger partial charge in [0.2, 0.25) is 10.0 Å². The summed E-state index contributed by atoms with van der Waals surface area (Å²) in [6.45, 7) is 6.23. The molecule has 2 unspecified atom stereocenters. The molecule has 1 aliphatic heterocycles. The van der Waals surface area contributed by atoms with Gasteiger partial charge in [-0.2, -0.15) is 0 Å². The lowest BCUT2D eigenvalue weighted by atomic mass is 9.89. The standard InChI is InChI=1S/C31H35N5O5S2/c1-31(2,3)41-30(38)36-17-22(18-36)27(37)20-12-13-24-26(16-20)42-29(34-24)25(15-19-8-7-9-21(14-19)28(32)33)35-43(39,40)23-10-5-4-6-11-23/h4-14,16,22,25,27,35,37H,15,17-18H2,1-3H3,(H3,32,33). The topological polar surface area (TPSA) is 159 Å². The summed E-state index contributed by atoms with van der Waals surface area (Å²) >= 11 is 1.35. The molecule has 0 aliphatic carbocycles. The molecular formula is C31H35N5O5S2. The highest BCUT2D eigenvalue weighted by Gasteiger charge is 2.38. The van der Waals surface area contributed by atoms with Crippen LogP contribution in [0.1, 0.15) is 54.6 Å². The lowest BCUT2D eigenvalue weighted by Gasteiger charge is -2.42. The van der Waals surface area contributed by atoms with Crippen LogP contribution in [0, 0.1) is 11.3 Å². The number of carbonyl (C=O) groups is 1. The number of nitrogen functional groups attached to an aromatic ring is 1. The number of hydrogen-bond acceptors (Lipinski definition) is 8. The smallest absolute Gasteiger partial charge is 0.410 e. The Labute approximate surface area is 255 Å². The van der Waals surface area contributed by atoms with Crippen LogP contribution >= 0.6 is 11.3 Å². The Hall–Kier alpha value is -3.84. The fourth-order valence-electron chi connectivity index (χ4n) is 4.89. The molecule has 1 amide bonds. The van der Waals surface area contributed by atoms with Gasteiger partial charge in [0, 0.05) is 24.6 Å². The summed E-state index contributed by atoms with van der Waals surface area (Å²) in [5.74, 6) is -0.202. The number of sulfonamides is 1. The van der Waals surface area contributed by atoms with Crippen LogP contribution in [0.4, 0.5) is 4.79 Å². The number of benzene rings is 3. The number of nitrogens with two attached hydrogens (primary N) is 1. The fourth-order valence-corrected chi connectivity index (χ4v) is 7.25. The fraction of sp³-hybridized carbons (Fsp3) is 0.323. The molecule has 3 aromatic carbocycles. The first-order chi connectivity index (χ1) is 20.3. The van der Waals surface area contributed by atoms with E-state index in [1.54, 1.807) is 41.3 Å². The van der Waals surface area contributed by atoms with Crippen molar-refractivity contribution in [2.24, 2.45) is 11.7 Å². The lowest BCUT2D eigenvalue weighted by molar-refractivity contribution is -0.0314. The molecule has 0 bridgehead atoms. The van der Waals surface area contributed by atoms with Crippen molar-refractivity contribution in [2.75, 3.05) is 13.1 Å². The van der Waals surface area contributed by atoms with Gasteiger partial charge in [0.15, 0.2) is 0 Å². The number of carbonyl (C=O) groups excluding carboxylic acids is 1. The molecule has 5 N–H and O–H groups in total. The Balaban J connectivity index is 1.39. The number of rotatable bonds is 9. The molecule has 4 aromatic rings. The predicted octanol–water partition coefficient (Wildman–Crippen LogP) is 4.74. The van der Waals surface area contributed by atoms with Crippen molar-refractivity contribution in [3.05, 3.63) is 94.5 Å². The highest BCUT2D eigenvalue weighted by atomic mass is 32.2. The van der Waals surface area contributed by atoms with Crippen molar-refractivity contribution < 1.29 is 23.1 Å². The molecule has 2 atom stereocenters. The average Bonchev–Trinajstić information content (AvgIpc) is 3.35. The zero-order chi connectivity index (χ0) is 30.9. The van der Waals surface area contributed by atoms with E-state index in [4.69, 9.17) is 20.9 Å². The number of hydrogen-bond donors (Lipinski definition) is 4. The van der Waals surface area contributed by atoms with Gasteiger partial charge in [-0.15, -0.1) is 11.3 Å². The first kappa shape index (κ1) is 30.6. The van der Waals surface area contributed by atoms with E-state index in [-0.39, 0.29) is 23.1 Å². The summed E-state index contributed by atoms with van der Waals surface area (Å²) < 4.78 is 35.7. The van der Waals surface area contributed by atoms with Gasteiger partial charge in [-0.25, -0.2) is 22.9 Å². The van der Waals surface area contributed by atoms with E-state index >= 15 is 0 Å². The SMILES string of the molecule is CC(C)(C)OC(=O)N1CC(C(O)c2ccc3nc(C(Cc4cccc(C(=N)N)c4)NS(=O)(=O)c4ccccc4)sc3c2)C1. The maximum atomic E-state index is 13.3. The molecule has 226 valence electrons. The summed E-state index contributed by atoms with van der Waals surface area (Å²) in [5, 5.41) is 19.4. The molecule has 5 rings (SSSR count). The lowest BCUT2D eigenvalue weighted by Crippen LogP contribution is -2.53. The molecular weight excluding hydrogens is 587 g/mol. The predicted molar refractivity (Wildman–Crippen MR) is 167 cm³/mol. The van der Waals surface area contributed by atoms with E-state index in [1.807, 2.05) is 45.0 Å². The monoisotopic (exact) mass is 621 g/mol. The minimum atomic E-state index is -3.88. The summed E-state index contributed by atoms with van der Waals surface area (Å²) in [4.78, 5) is 18.8. The normalized spacial score (nSPS) is 15.6. The highest BCUT2D eigenvalue weighted by Crippen LogP contribution is 2.35. The highest BCUT2D eigenvalue weighted by molar-refractivity contribution is 7.89. The van der Waals surface area contributed by atoms with Crippen LogP contribution in [-0.4, -0.2) is 54.0 Å². The molecule has 2 heterocycles. The molecule has 1 saturated heterocycles. The van der Waals surface area contributed by atoms with Crippen LogP contribution < -0.4 is 10.5 Å². The van der Waals surface area contributed by atoms with Crippen molar-refractivity contribution in [3.8, 4) is 0 Å². The zero-order valence-corrected chi connectivity index (χ0v) is 25.8. The number of aromatic nitrogens is 1. The van der Waals surface area contributed by atoms with Gasteiger partial charge in [0.05, 0.1) is 27.3 Å². The molecule has 0 radical (unpaired) electrons. The Morgan fingerprint density at radius 2 is 1.86 bits per heavy atom. The number of aliphatic hydroxyl groups is 1. The van der Waals surface area contributed by atoms with E-state index in [0.29, 0.717) is 34.7 Å². The second-order valence-corrected chi connectivity index (χ2v) is 14.5. The van der Waals surface area contributed by atoms with Crippen molar-refractivity contribution in [3.63, 3.8) is 0 Å². The van der Waals surface area contributed by atoms with E-state index < -0.39 is 33.9 Å². The number of likely N-dealkylation sites (tertiary alicyclic amines) is 1. The Kier molecular flexibility index (Phi) is 8.57. The third-order valence-corrected chi connectivity index (χ3v) is 9.72. The van der Waals surface area contributed by atoms with Gasteiger partial charge < -0.3 is 20.5 Å². The van der Waals surface area contributed by atoms with E-state index in [9.17, 15) is 18.3 Å². The molecule has 1 aliphatic rings. The van der Waals surface area contributed by atoms with Crippen molar-refractivity contribution in [1.82, 2.24) is 14.6 Å². The average molecular weight is 622 g/mol. The Morgan fingerprint density at radius 3 is 2.53 bits per heavy atom. The van der Waals surface area contributed by atoms with E-state index in [1.165, 1.54) is 23.5 Å². The second kappa shape index (κ2) is 12.0. The van der Waals surface area contributed by atoms with Crippen molar-refractivity contribution in [1.29, 1.82) is 5.41 Å². The summed E-state index contributed by atoms with van der Waals surface area (Å²) in [6.07, 6.45) is -0.892. The molecule has 0 saturated carbocycles. The number of ether oxygens (including phenoxy) is 1. The zero-order valence-electron chi connectivity index (χ0n) is 24.2. The van der Waals surface area contributed by atoms with Crippen LogP contribution in [-0.2, 0) is 21.2 Å². The maximum Gasteiger partial charge on any atom is 0.410 e. The Bertz CT molecular complexity index is 1750. The first-order valence-electron chi connectivity index (χ1n) is 13.9. The van der Waals surface area contributed by atoms with Gasteiger partial charge in [-0.1, -0.05) is 42.5 Å².